The zero-order valence-electron chi connectivity index (χ0n) is 9.56. The van der Waals surface area contributed by atoms with Crippen LogP contribution in [0.4, 0.5) is 0 Å². The number of rotatable bonds is 4. The van der Waals surface area contributed by atoms with Gasteiger partial charge < -0.3 is 5.11 Å². The van der Waals surface area contributed by atoms with Gasteiger partial charge in [0.1, 0.15) is 0 Å². The molecule has 1 atom stereocenters. The molecule has 1 aliphatic rings. The molecule has 0 spiro atoms. The summed E-state index contributed by atoms with van der Waals surface area (Å²) in [4.78, 5) is 0.218. The quantitative estimate of drug-likeness (QED) is 0.917. The third-order valence-corrected chi connectivity index (χ3v) is 5.81. The topological polar surface area (TPSA) is 54.4 Å². The molecule has 17 heavy (non-hydrogen) atoms. The standard InChI is InChI=1S/C12H15ClO3S/c1-8(7-14)9-2-5-12(11(13)6-9)17(15,16)10-3-4-10/h2,5-6,8,10,14H,3-4,7H2,1H3. The molecule has 1 aromatic rings. The molecule has 1 saturated carbocycles. The first kappa shape index (κ1) is 12.9. The van der Waals surface area contributed by atoms with Gasteiger partial charge in [0.2, 0.25) is 0 Å². The van der Waals surface area contributed by atoms with Gasteiger partial charge in [-0.15, -0.1) is 0 Å². The van der Waals surface area contributed by atoms with Gasteiger partial charge in [-0.2, -0.15) is 0 Å². The smallest absolute Gasteiger partial charge is 0.182 e. The van der Waals surface area contributed by atoms with E-state index in [9.17, 15) is 8.42 Å². The van der Waals surface area contributed by atoms with Crippen LogP contribution in [0.15, 0.2) is 23.1 Å². The van der Waals surface area contributed by atoms with Gasteiger partial charge in [0.05, 0.1) is 15.2 Å². The van der Waals surface area contributed by atoms with Crippen LogP contribution < -0.4 is 0 Å². The number of benzene rings is 1. The van der Waals surface area contributed by atoms with Gasteiger partial charge in [-0.3, -0.25) is 0 Å². The molecule has 5 heteroatoms. The maximum atomic E-state index is 12.0. The minimum atomic E-state index is -3.24. The Bertz CT molecular complexity index is 521. The first-order chi connectivity index (χ1) is 7.96. The Morgan fingerprint density at radius 2 is 2.12 bits per heavy atom. The van der Waals surface area contributed by atoms with Crippen LogP contribution in [0.3, 0.4) is 0 Å². The summed E-state index contributed by atoms with van der Waals surface area (Å²) in [7, 11) is -3.24. The summed E-state index contributed by atoms with van der Waals surface area (Å²) < 4.78 is 24.1. The van der Waals surface area contributed by atoms with Crippen LogP contribution in [-0.2, 0) is 9.84 Å². The van der Waals surface area contributed by atoms with Crippen LogP contribution in [0.1, 0.15) is 31.2 Å². The number of aliphatic hydroxyl groups excluding tert-OH is 1. The Morgan fingerprint density at radius 1 is 1.47 bits per heavy atom. The molecule has 1 N–H and O–H groups in total. The second kappa shape index (κ2) is 4.59. The number of hydrogen-bond donors (Lipinski definition) is 1. The summed E-state index contributed by atoms with van der Waals surface area (Å²) in [6, 6.07) is 4.91. The van der Waals surface area contributed by atoms with E-state index in [1.165, 1.54) is 0 Å². The van der Waals surface area contributed by atoms with E-state index in [0.717, 1.165) is 18.4 Å². The third kappa shape index (κ3) is 2.49. The Kier molecular flexibility index (Phi) is 3.48. The zero-order valence-corrected chi connectivity index (χ0v) is 11.1. The molecule has 0 aromatic heterocycles. The highest BCUT2D eigenvalue weighted by Crippen LogP contribution is 2.37. The van der Waals surface area contributed by atoms with Crippen molar-refractivity contribution >= 4 is 21.4 Å². The Balaban J connectivity index is 2.38. The van der Waals surface area contributed by atoms with Crippen molar-refractivity contribution < 1.29 is 13.5 Å². The maximum Gasteiger partial charge on any atom is 0.182 e. The molecule has 1 aliphatic carbocycles. The first-order valence-electron chi connectivity index (χ1n) is 5.61. The van der Waals surface area contributed by atoms with Gasteiger partial charge in [-0.1, -0.05) is 24.6 Å². The lowest BCUT2D eigenvalue weighted by atomic mass is 10.0. The van der Waals surface area contributed by atoms with Gasteiger partial charge in [0, 0.05) is 12.5 Å². The lowest BCUT2D eigenvalue weighted by molar-refractivity contribution is 0.273. The number of aliphatic hydroxyl groups is 1. The predicted molar refractivity (Wildman–Crippen MR) is 67.2 cm³/mol. The van der Waals surface area contributed by atoms with Crippen LogP contribution >= 0.6 is 11.6 Å². The van der Waals surface area contributed by atoms with Crippen molar-refractivity contribution in [1.82, 2.24) is 0 Å². The van der Waals surface area contributed by atoms with Crippen molar-refractivity contribution in [3.05, 3.63) is 28.8 Å². The van der Waals surface area contributed by atoms with Gasteiger partial charge in [0.15, 0.2) is 9.84 Å². The average Bonchev–Trinajstić information content (AvgIpc) is 3.11. The van der Waals surface area contributed by atoms with Crippen molar-refractivity contribution in [1.29, 1.82) is 0 Å². The van der Waals surface area contributed by atoms with E-state index in [0.29, 0.717) is 0 Å². The normalized spacial score (nSPS) is 18.1. The molecule has 3 nitrogen and oxygen atoms in total. The molecule has 0 aliphatic heterocycles. The second-order valence-corrected chi connectivity index (χ2v) is 7.12. The SMILES string of the molecule is CC(CO)c1ccc(S(=O)(=O)C2CC2)c(Cl)c1. The molecule has 0 radical (unpaired) electrons. The minimum absolute atomic E-state index is 0.0189. The Labute approximate surface area is 106 Å². The van der Waals surface area contributed by atoms with Crippen LogP contribution in [0.2, 0.25) is 5.02 Å². The summed E-state index contributed by atoms with van der Waals surface area (Å²) >= 11 is 6.03. The second-order valence-electron chi connectivity index (χ2n) is 4.52. The molecule has 1 fully saturated rings. The Hall–Kier alpha value is -0.580. The molecule has 94 valence electrons. The summed E-state index contributed by atoms with van der Waals surface area (Å²) in [6.45, 7) is 1.88. The highest BCUT2D eigenvalue weighted by Gasteiger charge is 2.38. The molecule has 2 rings (SSSR count). The molecule has 0 amide bonds. The van der Waals surface area contributed by atoms with Crippen molar-refractivity contribution in [2.24, 2.45) is 0 Å². The lowest BCUT2D eigenvalue weighted by Gasteiger charge is -2.11. The van der Waals surface area contributed by atoms with Gasteiger partial charge >= 0.3 is 0 Å². The van der Waals surface area contributed by atoms with Crippen LogP contribution in [-0.4, -0.2) is 25.4 Å². The maximum absolute atomic E-state index is 12.0. The van der Waals surface area contributed by atoms with Gasteiger partial charge in [-0.25, -0.2) is 8.42 Å². The average molecular weight is 275 g/mol. The highest BCUT2D eigenvalue weighted by atomic mass is 35.5. The predicted octanol–water partition coefficient (Wildman–Crippen LogP) is 2.37. The van der Waals surface area contributed by atoms with E-state index in [1.54, 1.807) is 18.2 Å². The van der Waals surface area contributed by atoms with Crippen molar-refractivity contribution in [2.75, 3.05) is 6.61 Å². The van der Waals surface area contributed by atoms with Crippen LogP contribution in [0.25, 0.3) is 0 Å². The molecule has 1 aromatic carbocycles. The largest absolute Gasteiger partial charge is 0.396 e. The minimum Gasteiger partial charge on any atom is -0.396 e. The molecular weight excluding hydrogens is 260 g/mol. The first-order valence-corrected chi connectivity index (χ1v) is 7.53. The zero-order chi connectivity index (χ0) is 12.6. The molecule has 0 saturated heterocycles. The third-order valence-electron chi connectivity index (χ3n) is 3.07. The van der Waals surface area contributed by atoms with Crippen molar-refractivity contribution in [3.8, 4) is 0 Å². The van der Waals surface area contributed by atoms with E-state index in [4.69, 9.17) is 16.7 Å². The fourth-order valence-corrected chi connectivity index (χ4v) is 3.93. The van der Waals surface area contributed by atoms with Crippen LogP contribution in [0, 0.1) is 0 Å². The highest BCUT2D eigenvalue weighted by molar-refractivity contribution is 7.92. The van der Waals surface area contributed by atoms with E-state index < -0.39 is 9.84 Å². The molecule has 1 unspecified atom stereocenters. The fraction of sp³-hybridized carbons (Fsp3) is 0.500. The number of halogens is 1. The van der Waals surface area contributed by atoms with E-state index >= 15 is 0 Å². The number of hydrogen-bond acceptors (Lipinski definition) is 3. The summed E-state index contributed by atoms with van der Waals surface area (Å²) in [5, 5.41) is 9.06. The molecule has 0 bridgehead atoms. The summed E-state index contributed by atoms with van der Waals surface area (Å²) in [5.41, 5.74) is 0.854. The van der Waals surface area contributed by atoms with Gasteiger partial charge in [-0.05, 0) is 30.5 Å². The molecular formula is C12H15ClO3S. The molecule has 0 heterocycles. The lowest BCUT2D eigenvalue weighted by Crippen LogP contribution is -2.08. The van der Waals surface area contributed by atoms with E-state index in [1.807, 2.05) is 6.92 Å². The van der Waals surface area contributed by atoms with E-state index in [-0.39, 0.29) is 27.7 Å². The summed E-state index contributed by atoms with van der Waals surface area (Å²) in [5.74, 6) is -0.0369. The monoisotopic (exact) mass is 274 g/mol. The fourth-order valence-electron chi connectivity index (χ4n) is 1.72. The Morgan fingerprint density at radius 3 is 2.59 bits per heavy atom. The van der Waals surface area contributed by atoms with Crippen molar-refractivity contribution in [3.63, 3.8) is 0 Å². The van der Waals surface area contributed by atoms with E-state index in [2.05, 4.69) is 0 Å². The van der Waals surface area contributed by atoms with Crippen molar-refractivity contribution in [2.45, 2.75) is 35.8 Å². The number of sulfone groups is 1. The summed E-state index contributed by atoms with van der Waals surface area (Å²) in [6.07, 6.45) is 1.46. The van der Waals surface area contributed by atoms with Crippen LogP contribution in [0.5, 0.6) is 0 Å². The van der Waals surface area contributed by atoms with Gasteiger partial charge in [0.25, 0.3) is 0 Å².